The molecule has 1 amide bonds. The van der Waals surface area contributed by atoms with Crippen molar-refractivity contribution in [1.82, 2.24) is 9.78 Å². The quantitative estimate of drug-likeness (QED) is 0.868. The first-order chi connectivity index (χ1) is 10.5. The van der Waals surface area contributed by atoms with Gasteiger partial charge in [0, 0.05) is 11.1 Å². The number of aryl methyl sites for hydroxylation is 1. The number of benzene rings is 1. The van der Waals surface area contributed by atoms with Gasteiger partial charge in [0.1, 0.15) is 5.82 Å². The van der Waals surface area contributed by atoms with Crippen LogP contribution in [0.15, 0.2) is 24.3 Å². The molecule has 1 N–H and O–H groups in total. The number of hydrogen-bond acceptors (Lipinski definition) is 2. The van der Waals surface area contributed by atoms with Gasteiger partial charge in [-0.3, -0.25) is 4.79 Å². The molecular formula is C16H17Cl2N3O. The fourth-order valence-corrected chi connectivity index (χ4v) is 3.39. The molecule has 116 valence electrons. The number of anilines is 1. The van der Waals surface area contributed by atoms with E-state index in [1.54, 1.807) is 18.2 Å². The minimum Gasteiger partial charge on any atom is -0.307 e. The van der Waals surface area contributed by atoms with Gasteiger partial charge < -0.3 is 5.32 Å². The van der Waals surface area contributed by atoms with Crippen LogP contribution in [0.1, 0.15) is 47.8 Å². The van der Waals surface area contributed by atoms with Crippen LogP contribution in [0.3, 0.4) is 0 Å². The van der Waals surface area contributed by atoms with E-state index >= 15 is 0 Å². The van der Waals surface area contributed by atoms with Crippen molar-refractivity contribution >= 4 is 34.9 Å². The van der Waals surface area contributed by atoms with Crippen molar-refractivity contribution in [1.29, 1.82) is 0 Å². The lowest BCUT2D eigenvalue weighted by Crippen LogP contribution is -2.18. The summed E-state index contributed by atoms with van der Waals surface area (Å²) in [5.74, 6) is 0.473. The van der Waals surface area contributed by atoms with E-state index in [0.717, 1.165) is 24.4 Å². The number of carbonyl (C=O) groups is 1. The summed E-state index contributed by atoms with van der Waals surface area (Å²) >= 11 is 12.0. The fourth-order valence-electron chi connectivity index (χ4n) is 2.89. The zero-order valence-electron chi connectivity index (χ0n) is 12.3. The highest BCUT2D eigenvalue weighted by molar-refractivity contribution is 6.37. The molecule has 0 radical (unpaired) electrons. The van der Waals surface area contributed by atoms with Crippen molar-refractivity contribution in [3.05, 3.63) is 45.6 Å². The maximum absolute atomic E-state index is 12.4. The molecule has 3 rings (SSSR count). The van der Waals surface area contributed by atoms with Crippen LogP contribution in [0.2, 0.25) is 10.0 Å². The van der Waals surface area contributed by atoms with Crippen molar-refractivity contribution in [3.8, 4) is 0 Å². The molecule has 0 aliphatic heterocycles. The summed E-state index contributed by atoms with van der Waals surface area (Å²) in [6, 6.07) is 7.10. The minimum atomic E-state index is -0.249. The van der Waals surface area contributed by atoms with Gasteiger partial charge in [-0.25, -0.2) is 4.68 Å². The molecule has 1 saturated carbocycles. The predicted molar refractivity (Wildman–Crippen MR) is 88.9 cm³/mol. The number of carbonyl (C=O) groups excluding carboxylic acids is 1. The fraction of sp³-hybridized carbons (Fsp3) is 0.375. The van der Waals surface area contributed by atoms with Crippen LogP contribution in [0.5, 0.6) is 0 Å². The number of halogens is 2. The van der Waals surface area contributed by atoms with Gasteiger partial charge in [-0.15, -0.1) is 0 Å². The monoisotopic (exact) mass is 337 g/mol. The van der Waals surface area contributed by atoms with Crippen LogP contribution in [0.25, 0.3) is 0 Å². The second-order valence-corrected chi connectivity index (χ2v) is 6.48. The van der Waals surface area contributed by atoms with Gasteiger partial charge in [-0.05, 0) is 38.0 Å². The Labute approximate surface area is 139 Å². The van der Waals surface area contributed by atoms with Crippen molar-refractivity contribution in [3.63, 3.8) is 0 Å². The van der Waals surface area contributed by atoms with Crippen molar-refractivity contribution in [2.24, 2.45) is 0 Å². The summed E-state index contributed by atoms with van der Waals surface area (Å²) in [4.78, 5) is 12.4. The zero-order chi connectivity index (χ0) is 15.7. The first-order valence-electron chi connectivity index (χ1n) is 7.37. The number of nitrogens with zero attached hydrogens (tertiary/aromatic N) is 2. The molecule has 6 heteroatoms. The van der Waals surface area contributed by atoms with E-state index in [2.05, 4.69) is 10.4 Å². The number of amides is 1. The van der Waals surface area contributed by atoms with E-state index in [4.69, 9.17) is 23.2 Å². The molecule has 0 bridgehead atoms. The Balaban J connectivity index is 1.84. The molecule has 1 aliphatic rings. The van der Waals surface area contributed by atoms with Crippen LogP contribution in [0, 0.1) is 6.92 Å². The molecule has 1 aromatic carbocycles. The summed E-state index contributed by atoms with van der Waals surface area (Å²) in [7, 11) is 0. The van der Waals surface area contributed by atoms with Gasteiger partial charge in [0.25, 0.3) is 5.91 Å². The number of rotatable bonds is 3. The van der Waals surface area contributed by atoms with Gasteiger partial charge in [0.05, 0.1) is 22.3 Å². The molecule has 0 saturated heterocycles. The van der Waals surface area contributed by atoms with E-state index in [-0.39, 0.29) is 5.91 Å². The largest absolute Gasteiger partial charge is 0.307 e. The Kier molecular flexibility index (Phi) is 4.41. The second-order valence-electron chi connectivity index (χ2n) is 5.63. The highest BCUT2D eigenvalue weighted by Crippen LogP contribution is 2.32. The highest BCUT2D eigenvalue weighted by atomic mass is 35.5. The van der Waals surface area contributed by atoms with E-state index in [1.807, 2.05) is 17.7 Å². The van der Waals surface area contributed by atoms with Crippen LogP contribution >= 0.6 is 23.2 Å². The molecule has 2 aromatic rings. The molecular weight excluding hydrogens is 321 g/mol. The second kappa shape index (κ2) is 6.31. The summed E-state index contributed by atoms with van der Waals surface area (Å²) in [5, 5.41) is 8.29. The molecule has 0 unspecified atom stereocenters. The SMILES string of the molecule is Cc1cc(NC(=O)c2ccc(Cl)cc2Cl)n(C2CCCC2)n1. The Morgan fingerprint density at radius 3 is 2.68 bits per heavy atom. The molecule has 0 atom stereocenters. The topological polar surface area (TPSA) is 46.9 Å². The lowest BCUT2D eigenvalue weighted by atomic mass is 10.2. The highest BCUT2D eigenvalue weighted by Gasteiger charge is 2.22. The van der Waals surface area contributed by atoms with Crippen LogP contribution in [-0.2, 0) is 0 Å². The molecule has 0 spiro atoms. The van der Waals surface area contributed by atoms with Gasteiger partial charge in [-0.1, -0.05) is 36.0 Å². The normalized spacial score (nSPS) is 15.2. The van der Waals surface area contributed by atoms with Crippen molar-refractivity contribution in [2.45, 2.75) is 38.6 Å². The predicted octanol–water partition coefficient (Wildman–Crippen LogP) is 4.87. The third-order valence-electron chi connectivity index (χ3n) is 3.95. The molecule has 1 fully saturated rings. The Hall–Kier alpha value is -1.52. The third kappa shape index (κ3) is 3.13. The van der Waals surface area contributed by atoms with E-state index < -0.39 is 0 Å². The number of aromatic nitrogens is 2. The third-order valence-corrected chi connectivity index (χ3v) is 4.49. The summed E-state index contributed by atoms with van der Waals surface area (Å²) in [6.07, 6.45) is 4.62. The first kappa shape index (κ1) is 15.4. The lowest BCUT2D eigenvalue weighted by Gasteiger charge is -2.15. The minimum absolute atomic E-state index is 0.249. The maximum atomic E-state index is 12.4. The standard InChI is InChI=1S/C16H17Cl2N3O/c1-10-8-15(21(20-10)12-4-2-3-5-12)19-16(22)13-7-6-11(17)9-14(13)18/h6-9,12H,2-5H2,1H3,(H,19,22). The Bertz CT molecular complexity index is 705. The van der Waals surface area contributed by atoms with Crippen LogP contribution in [-0.4, -0.2) is 15.7 Å². The van der Waals surface area contributed by atoms with Crippen LogP contribution < -0.4 is 5.32 Å². The smallest absolute Gasteiger partial charge is 0.258 e. The Morgan fingerprint density at radius 1 is 1.27 bits per heavy atom. The first-order valence-corrected chi connectivity index (χ1v) is 8.13. The van der Waals surface area contributed by atoms with Gasteiger partial charge in [0.15, 0.2) is 0 Å². The molecule has 4 nitrogen and oxygen atoms in total. The average Bonchev–Trinajstić information content (AvgIpc) is 3.08. The van der Waals surface area contributed by atoms with E-state index in [0.29, 0.717) is 21.7 Å². The molecule has 1 heterocycles. The number of hydrogen-bond donors (Lipinski definition) is 1. The summed E-state index contributed by atoms with van der Waals surface area (Å²) < 4.78 is 1.93. The zero-order valence-corrected chi connectivity index (χ0v) is 13.8. The summed E-state index contributed by atoms with van der Waals surface area (Å²) in [5.41, 5.74) is 1.30. The van der Waals surface area contributed by atoms with Crippen molar-refractivity contribution in [2.75, 3.05) is 5.32 Å². The van der Waals surface area contributed by atoms with Crippen LogP contribution in [0.4, 0.5) is 5.82 Å². The molecule has 1 aromatic heterocycles. The van der Waals surface area contributed by atoms with Crippen molar-refractivity contribution < 1.29 is 4.79 Å². The van der Waals surface area contributed by atoms with Gasteiger partial charge in [-0.2, -0.15) is 5.10 Å². The average molecular weight is 338 g/mol. The molecule has 1 aliphatic carbocycles. The number of nitrogens with one attached hydrogen (secondary N) is 1. The lowest BCUT2D eigenvalue weighted by molar-refractivity contribution is 0.102. The Morgan fingerprint density at radius 2 is 2.00 bits per heavy atom. The summed E-state index contributed by atoms with van der Waals surface area (Å²) in [6.45, 7) is 1.93. The van der Waals surface area contributed by atoms with Gasteiger partial charge in [0.2, 0.25) is 0 Å². The maximum Gasteiger partial charge on any atom is 0.258 e. The molecule has 22 heavy (non-hydrogen) atoms. The van der Waals surface area contributed by atoms with E-state index in [9.17, 15) is 4.79 Å². The van der Waals surface area contributed by atoms with E-state index in [1.165, 1.54) is 12.8 Å². The van der Waals surface area contributed by atoms with Gasteiger partial charge >= 0.3 is 0 Å².